The number of nitrogens with one attached hydrogen (secondary N) is 1. The van der Waals surface area contributed by atoms with Crippen LogP contribution in [0.25, 0.3) is 0 Å². The van der Waals surface area contributed by atoms with Crippen LogP contribution in [0.5, 0.6) is 0 Å². The van der Waals surface area contributed by atoms with E-state index in [-0.39, 0.29) is 12.5 Å². The highest BCUT2D eigenvalue weighted by Gasteiger charge is 2.23. The summed E-state index contributed by atoms with van der Waals surface area (Å²) in [4.78, 5) is 36.7. The minimum atomic E-state index is -1.13. The van der Waals surface area contributed by atoms with Gasteiger partial charge in [-0.05, 0) is 12.1 Å². The first-order valence-electron chi connectivity index (χ1n) is 5.95. The van der Waals surface area contributed by atoms with E-state index in [9.17, 15) is 14.4 Å². The maximum absolute atomic E-state index is 12.2. The van der Waals surface area contributed by atoms with Crippen LogP contribution in [0.15, 0.2) is 30.3 Å². The van der Waals surface area contributed by atoms with E-state index in [0.29, 0.717) is 5.69 Å². The minimum Gasteiger partial charge on any atom is -0.480 e. The van der Waals surface area contributed by atoms with Crippen molar-refractivity contribution >= 4 is 23.6 Å². The first kappa shape index (κ1) is 15.5. The molecule has 20 heavy (non-hydrogen) atoms. The largest absolute Gasteiger partial charge is 0.480 e. The van der Waals surface area contributed by atoms with Gasteiger partial charge in [0.05, 0.1) is 0 Å². The molecule has 1 aromatic rings. The molecule has 7 heteroatoms. The number of urea groups is 1. The molecule has 0 fully saturated rings. The van der Waals surface area contributed by atoms with Gasteiger partial charge in [-0.1, -0.05) is 18.2 Å². The number of rotatable bonds is 5. The van der Waals surface area contributed by atoms with Gasteiger partial charge in [-0.25, -0.2) is 4.79 Å². The Morgan fingerprint density at radius 3 is 2.25 bits per heavy atom. The smallest absolute Gasteiger partial charge is 0.325 e. The van der Waals surface area contributed by atoms with Crippen LogP contribution in [-0.2, 0) is 9.59 Å². The van der Waals surface area contributed by atoms with Crippen LogP contribution in [-0.4, -0.2) is 55.1 Å². The highest BCUT2D eigenvalue weighted by molar-refractivity contribution is 5.97. The van der Waals surface area contributed by atoms with Gasteiger partial charge in [0.25, 0.3) is 0 Å². The molecule has 0 atom stereocenters. The molecule has 1 aromatic carbocycles. The molecule has 108 valence electrons. The number of nitrogens with zero attached hydrogens (tertiary/aromatic N) is 2. The Labute approximate surface area is 116 Å². The van der Waals surface area contributed by atoms with Gasteiger partial charge in [0.1, 0.15) is 13.1 Å². The summed E-state index contributed by atoms with van der Waals surface area (Å²) in [5, 5.41) is 11.3. The lowest BCUT2D eigenvalue weighted by Crippen LogP contribution is -2.47. The molecule has 2 N–H and O–H groups in total. The van der Waals surface area contributed by atoms with Crippen molar-refractivity contribution in [1.29, 1.82) is 0 Å². The average Bonchev–Trinajstić information content (AvgIpc) is 2.44. The SMILES string of the molecule is CNC(=O)CN(C)C(=O)N(CC(=O)O)c1ccccc1. The van der Waals surface area contributed by atoms with Gasteiger partial charge in [0, 0.05) is 19.8 Å². The third-order valence-electron chi connectivity index (χ3n) is 2.58. The molecule has 0 heterocycles. The standard InChI is InChI=1S/C13H17N3O4/c1-14-11(17)8-15(2)13(20)16(9-12(18)19)10-6-4-3-5-7-10/h3-7H,8-9H2,1-2H3,(H,14,17)(H,18,19). The fraction of sp³-hybridized carbons (Fsp3) is 0.308. The number of para-hydroxylation sites is 1. The Hall–Kier alpha value is -2.57. The average molecular weight is 279 g/mol. The number of carbonyl (C=O) groups excluding carboxylic acids is 2. The molecule has 3 amide bonds. The Morgan fingerprint density at radius 1 is 1.15 bits per heavy atom. The molecule has 0 saturated heterocycles. The summed E-state index contributed by atoms with van der Waals surface area (Å²) in [6.07, 6.45) is 0. The van der Waals surface area contributed by atoms with E-state index in [4.69, 9.17) is 5.11 Å². The van der Waals surface area contributed by atoms with E-state index < -0.39 is 18.5 Å². The van der Waals surface area contributed by atoms with E-state index in [1.54, 1.807) is 30.3 Å². The molecular formula is C13H17N3O4. The van der Waals surface area contributed by atoms with E-state index >= 15 is 0 Å². The maximum atomic E-state index is 12.2. The van der Waals surface area contributed by atoms with Gasteiger partial charge in [-0.2, -0.15) is 0 Å². The van der Waals surface area contributed by atoms with Crippen molar-refractivity contribution in [2.45, 2.75) is 0 Å². The number of hydrogen-bond donors (Lipinski definition) is 2. The second-order valence-electron chi connectivity index (χ2n) is 4.13. The zero-order chi connectivity index (χ0) is 15.1. The Bertz CT molecular complexity index is 490. The molecule has 0 bridgehead atoms. The van der Waals surface area contributed by atoms with Gasteiger partial charge in [0.15, 0.2) is 0 Å². The second-order valence-corrected chi connectivity index (χ2v) is 4.13. The van der Waals surface area contributed by atoms with Gasteiger partial charge < -0.3 is 15.3 Å². The molecule has 1 rings (SSSR count). The Morgan fingerprint density at radius 2 is 1.75 bits per heavy atom. The zero-order valence-electron chi connectivity index (χ0n) is 11.4. The monoisotopic (exact) mass is 279 g/mol. The Balaban J connectivity index is 2.91. The van der Waals surface area contributed by atoms with Crippen LogP contribution in [0.1, 0.15) is 0 Å². The third-order valence-corrected chi connectivity index (χ3v) is 2.58. The van der Waals surface area contributed by atoms with Crippen LogP contribution in [0.3, 0.4) is 0 Å². The lowest BCUT2D eigenvalue weighted by Gasteiger charge is -2.26. The van der Waals surface area contributed by atoms with Gasteiger partial charge in [-0.3, -0.25) is 14.5 Å². The van der Waals surface area contributed by atoms with Crippen molar-refractivity contribution in [3.63, 3.8) is 0 Å². The van der Waals surface area contributed by atoms with Crippen molar-refractivity contribution in [2.75, 3.05) is 32.1 Å². The van der Waals surface area contributed by atoms with Crippen molar-refractivity contribution in [1.82, 2.24) is 10.2 Å². The summed E-state index contributed by atoms with van der Waals surface area (Å²) in [5.74, 6) is -1.46. The number of carboxylic acid groups (broad SMARTS) is 1. The summed E-state index contributed by atoms with van der Waals surface area (Å²) in [6.45, 7) is -0.612. The summed E-state index contributed by atoms with van der Waals surface area (Å²) in [5.41, 5.74) is 0.462. The first-order chi connectivity index (χ1) is 9.45. The number of anilines is 1. The number of carboxylic acids is 1. The molecule has 0 unspecified atom stereocenters. The zero-order valence-corrected chi connectivity index (χ0v) is 11.4. The van der Waals surface area contributed by atoms with Crippen LogP contribution in [0, 0.1) is 0 Å². The van der Waals surface area contributed by atoms with Crippen LogP contribution in [0.2, 0.25) is 0 Å². The van der Waals surface area contributed by atoms with Gasteiger partial charge in [0.2, 0.25) is 5.91 Å². The number of hydrogen-bond acceptors (Lipinski definition) is 3. The van der Waals surface area contributed by atoms with Gasteiger partial charge >= 0.3 is 12.0 Å². The van der Waals surface area contributed by atoms with Crippen LogP contribution in [0.4, 0.5) is 10.5 Å². The molecule has 0 saturated carbocycles. The highest BCUT2D eigenvalue weighted by Crippen LogP contribution is 2.14. The molecule has 0 aliphatic heterocycles. The van der Waals surface area contributed by atoms with E-state index in [1.165, 1.54) is 14.1 Å². The van der Waals surface area contributed by atoms with Crippen molar-refractivity contribution in [2.24, 2.45) is 0 Å². The normalized spacial score (nSPS) is 9.70. The molecule has 0 radical (unpaired) electrons. The molecular weight excluding hydrogens is 262 g/mol. The number of amides is 3. The van der Waals surface area contributed by atoms with Crippen LogP contribution < -0.4 is 10.2 Å². The molecule has 0 aliphatic rings. The number of aliphatic carboxylic acids is 1. The summed E-state index contributed by atoms with van der Waals surface area (Å²) >= 11 is 0. The second kappa shape index (κ2) is 7.13. The summed E-state index contributed by atoms with van der Waals surface area (Å²) < 4.78 is 0. The number of benzene rings is 1. The number of carbonyl (C=O) groups is 3. The molecule has 0 aromatic heterocycles. The summed E-state index contributed by atoms with van der Waals surface area (Å²) in [6, 6.07) is 7.89. The fourth-order valence-corrected chi connectivity index (χ4v) is 1.58. The number of likely N-dealkylation sites (N-methyl/N-ethyl adjacent to an activating group) is 2. The van der Waals surface area contributed by atoms with Crippen molar-refractivity contribution in [3.8, 4) is 0 Å². The van der Waals surface area contributed by atoms with Crippen LogP contribution >= 0.6 is 0 Å². The topological polar surface area (TPSA) is 90.0 Å². The molecule has 0 aliphatic carbocycles. The predicted octanol–water partition coefficient (Wildman–Crippen LogP) is 0.375. The minimum absolute atomic E-state index is 0.141. The first-order valence-corrected chi connectivity index (χ1v) is 5.95. The molecule has 7 nitrogen and oxygen atoms in total. The van der Waals surface area contributed by atoms with Crippen molar-refractivity contribution < 1.29 is 19.5 Å². The lowest BCUT2D eigenvalue weighted by molar-refractivity contribution is -0.135. The summed E-state index contributed by atoms with van der Waals surface area (Å²) in [7, 11) is 2.90. The molecule has 0 spiro atoms. The lowest BCUT2D eigenvalue weighted by atomic mass is 10.3. The maximum Gasteiger partial charge on any atom is 0.325 e. The fourth-order valence-electron chi connectivity index (χ4n) is 1.58. The quantitative estimate of drug-likeness (QED) is 0.815. The third kappa shape index (κ3) is 4.27. The van der Waals surface area contributed by atoms with E-state index in [0.717, 1.165) is 9.80 Å². The highest BCUT2D eigenvalue weighted by atomic mass is 16.4. The van der Waals surface area contributed by atoms with Crippen molar-refractivity contribution in [3.05, 3.63) is 30.3 Å². The Kier molecular flexibility index (Phi) is 5.52. The van der Waals surface area contributed by atoms with E-state index in [2.05, 4.69) is 5.32 Å². The predicted molar refractivity (Wildman–Crippen MR) is 73.5 cm³/mol. The van der Waals surface area contributed by atoms with E-state index in [1.807, 2.05) is 0 Å². The van der Waals surface area contributed by atoms with Gasteiger partial charge in [-0.15, -0.1) is 0 Å².